The Hall–Kier alpha value is -4.49. The second kappa shape index (κ2) is 8.71. The lowest BCUT2D eigenvalue weighted by molar-refractivity contribution is -0.384. The molecule has 2 aromatic heterocycles. The number of thiazole rings is 1. The van der Waals surface area contributed by atoms with Gasteiger partial charge in [0.25, 0.3) is 5.69 Å². The van der Waals surface area contributed by atoms with Gasteiger partial charge in [0.1, 0.15) is 28.0 Å². The first-order valence-electron chi connectivity index (χ1n) is 9.18. The van der Waals surface area contributed by atoms with Crippen molar-refractivity contribution >= 4 is 39.3 Å². The van der Waals surface area contributed by atoms with Crippen molar-refractivity contribution in [3.63, 3.8) is 0 Å². The highest BCUT2D eigenvalue weighted by Crippen LogP contribution is 2.28. The van der Waals surface area contributed by atoms with E-state index in [-0.39, 0.29) is 22.4 Å². The van der Waals surface area contributed by atoms with E-state index in [4.69, 9.17) is 9.15 Å². The number of non-ortho nitro benzene ring substituents is 1. The van der Waals surface area contributed by atoms with Crippen LogP contribution in [0.2, 0.25) is 0 Å². The summed E-state index contributed by atoms with van der Waals surface area (Å²) in [4.78, 5) is 27.3. The molecule has 0 saturated heterocycles. The summed E-state index contributed by atoms with van der Waals surface area (Å²) in [6.07, 6.45) is 1.52. The number of nitro groups is 1. The van der Waals surface area contributed by atoms with E-state index in [1.165, 1.54) is 41.8 Å². The highest BCUT2D eigenvalue weighted by molar-refractivity contribution is 7.11. The van der Waals surface area contributed by atoms with Gasteiger partial charge in [-0.15, -0.1) is 11.3 Å². The lowest BCUT2D eigenvalue weighted by Crippen LogP contribution is -2.03. The first-order chi connectivity index (χ1) is 15.5. The first kappa shape index (κ1) is 20.8. The Bertz CT molecular complexity index is 1450. The number of nitrogens with one attached hydrogen (secondary N) is 1. The van der Waals surface area contributed by atoms with Gasteiger partial charge in [0.2, 0.25) is 0 Å². The third-order valence-electron chi connectivity index (χ3n) is 4.53. The number of nitro benzene ring substituents is 1. The predicted octanol–water partition coefficient (Wildman–Crippen LogP) is 4.81. The van der Waals surface area contributed by atoms with E-state index in [0.717, 1.165) is 5.69 Å². The van der Waals surface area contributed by atoms with Crippen LogP contribution in [0.1, 0.15) is 5.01 Å². The quantitative estimate of drug-likeness (QED) is 0.193. The maximum absolute atomic E-state index is 12.4. The zero-order valence-electron chi connectivity index (χ0n) is 16.6. The molecule has 0 amide bonds. The molecular weight excluding hydrogens is 432 g/mol. The lowest BCUT2D eigenvalue weighted by Gasteiger charge is -2.03. The fraction of sp³-hybridized carbons (Fsp3) is 0.0455. The van der Waals surface area contributed by atoms with Crippen molar-refractivity contribution < 1.29 is 14.1 Å². The van der Waals surface area contributed by atoms with Gasteiger partial charge in [-0.05, 0) is 36.4 Å². The van der Waals surface area contributed by atoms with Crippen molar-refractivity contribution in [2.45, 2.75) is 0 Å². The standard InChI is InChI=1S/C22H14N4O5S/c1-30-17-5-2-15(3-6-17)24-11-14(10-23)21-25-19(12-32-21)18-9-13-8-16(26(28)29)4-7-20(13)31-22(18)27/h2-9,11-12,24H,1H3/b14-11+. The number of allylic oxidation sites excluding steroid dienone is 1. The molecular formula is C22H14N4O5S. The summed E-state index contributed by atoms with van der Waals surface area (Å²) in [6.45, 7) is 0. The van der Waals surface area contributed by atoms with E-state index >= 15 is 0 Å². The van der Waals surface area contributed by atoms with Crippen molar-refractivity contribution in [1.82, 2.24) is 4.98 Å². The molecule has 10 heteroatoms. The molecule has 2 heterocycles. The molecule has 0 saturated carbocycles. The fourth-order valence-corrected chi connectivity index (χ4v) is 3.69. The van der Waals surface area contributed by atoms with Crippen LogP contribution in [-0.2, 0) is 0 Å². The zero-order chi connectivity index (χ0) is 22.7. The number of anilines is 1. The van der Waals surface area contributed by atoms with Crippen molar-refractivity contribution in [3.05, 3.63) is 85.7 Å². The van der Waals surface area contributed by atoms with Crippen molar-refractivity contribution in [2.75, 3.05) is 12.4 Å². The minimum Gasteiger partial charge on any atom is -0.497 e. The van der Waals surface area contributed by atoms with Gasteiger partial charge in [0, 0.05) is 34.8 Å². The van der Waals surface area contributed by atoms with Gasteiger partial charge in [-0.2, -0.15) is 5.26 Å². The minimum atomic E-state index is -0.623. The van der Waals surface area contributed by atoms with E-state index in [1.807, 2.05) is 0 Å². The zero-order valence-corrected chi connectivity index (χ0v) is 17.4. The molecule has 1 N–H and O–H groups in total. The largest absolute Gasteiger partial charge is 0.497 e. The Balaban J connectivity index is 1.65. The third kappa shape index (κ3) is 4.19. The number of aromatic nitrogens is 1. The second-order valence-corrected chi connectivity index (χ2v) is 7.37. The number of fused-ring (bicyclic) bond motifs is 1. The number of nitriles is 1. The van der Waals surface area contributed by atoms with Crippen LogP contribution in [0, 0.1) is 21.4 Å². The predicted molar refractivity (Wildman–Crippen MR) is 120 cm³/mol. The SMILES string of the molecule is COc1ccc(N/C=C(\C#N)c2nc(-c3cc4cc([N+](=O)[O-])ccc4oc3=O)cs2)cc1. The number of hydrogen-bond acceptors (Lipinski definition) is 9. The molecule has 0 aliphatic carbocycles. The highest BCUT2D eigenvalue weighted by atomic mass is 32.1. The van der Waals surface area contributed by atoms with Crippen molar-refractivity contribution in [1.29, 1.82) is 5.26 Å². The summed E-state index contributed by atoms with van der Waals surface area (Å²) in [7, 11) is 1.58. The van der Waals surface area contributed by atoms with Gasteiger partial charge in [-0.25, -0.2) is 9.78 Å². The molecule has 0 radical (unpaired) electrons. The first-order valence-corrected chi connectivity index (χ1v) is 10.1. The number of hydrogen-bond donors (Lipinski definition) is 1. The minimum absolute atomic E-state index is 0.115. The highest BCUT2D eigenvalue weighted by Gasteiger charge is 2.15. The van der Waals surface area contributed by atoms with Gasteiger partial charge in [0.15, 0.2) is 0 Å². The number of methoxy groups -OCH3 is 1. The van der Waals surface area contributed by atoms with Crippen molar-refractivity contribution in [3.8, 4) is 23.1 Å². The Morgan fingerprint density at radius 3 is 2.75 bits per heavy atom. The van der Waals surface area contributed by atoms with Gasteiger partial charge < -0.3 is 14.5 Å². The van der Waals surface area contributed by atoms with Gasteiger partial charge in [0.05, 0.1) is 23.3 Å². The third-order valence-corrected chi connectivity index (χ3v) is 5.41. The summed E-state index contributed by atoms with van der Waals surface area (Å²) in [5.41, 5.74) is 1.00. The van der Waals surface area contributed by atoms with Crippen LogP contribution in [0.4, 0.5) is 11.4 Å². The smallest absolute Gasteiger partial charge is 0.345 e. The molecule has 158 valence electrons. The van der Waals surface area contributed by atoms with Crippen LogP contribution in [-0.4, -0.2) is 17.0 Å². The van der Waals surface area contributed by atoms with Gasteiger partial charge in [-0.3, -0.25) is 10.1 Å². The normalized spacial score (nSPS) is 11.2. The Labute approximate surface area is 185 Å². The Morgan fingerprint density at radius 2 is 2.06 bits per heavy atom. The summed E-state index contributed by atoms with van der Waals surface area (Å²) in [5, 5.41) is 26.0. The average molecular weight is 446 g/mol. The van der Waals surface area contributed by atoms with Crippen LogP contribution in [0.25, 0.3) is 27.8 Å². The maximum Gasteiger partial charge on any atom is 0.345 e. The van der Waals surface area contributed by atoms with E-state index in [0.29, 0.717) is 21.8 Å². The van der Waals surface area contributed by atoms with E-state index < -0.39 is 10.5 Å². The monoisotopic (exact) mass is 446 g/mol. The van der Waals surface area contributed by atoms with Gasteiger partial charge in [-0.1, -0.05) is 0 Å². The number of rotatable bonds is 6. The Kier molecular flexibility index (Phi) is 5.65. The van der Waals surface area contributed by atoms with Crippen molar-refractivity contribution in [2.24, 2.45) is 0 Å². The summed E-state index contributed by atoms with van der Waals surface area (Å²) in [6, 6.07) is 14.7. The van der Waals surface area contributed by atoms with Crippen LogP contribution < -0.4 is 15.7 Å². The molecule has 0 aliphatic rings. The number of benzene rings is 2. The van der Waals surface area contributed by atoms with Crippen LogP contribution in [0.3, 0.4) is 0 Å². The van der Waals surface area contributed by atoms with Crippen LogP contribution in [0.15, 0.2) is 69.3 Å². The average Bonchev–Trinajstić information content (AvgIpc) is 3.29. The lowest BCUT2D eigenvalue weighted by atomic mass is 10.1. The molecule has 0 spiro atoms. The molecule has 0 aliphatic heterocycles. The summed E-state index contributed by atoms with van der Waals surface area (Å²) < 4.78 is 10.4. The molecule has 0 atom stereocenters. The molecule has 0 unspecified atom stereocenters. The van der Waals surface area contributed by atoms with Crippen LogP contribution >= 0.6 is 11.3 Å². The molecule has 9 nitrogen and oxygen atoms in total. The number of ether oxygens (including phenoxy) is 1. The van der Waals surface area contributed by atoms with Gasteiger partial charge >= 0.3 is 5.63 Å². The second-order valence-electron chi connectivity index (χ2n) is 6.51. The summed E-state index contributed by atoms with van der Waals surface area (Å²) >= 11 is 1.19. The molecule has 4 rings (SSSR count). The summed E-state index contributed by atoms with van der Waals surface area (Å²) in [5.74, 6) is 0.712. The maximum atomic E-state index is 12.4. The molecule has 0 bridgehead atoms. The molecule has 32 heavy (non-hydrogen) atoms. The van der Waals surface area contributed by atoms with Crippen LogP contribution in [0.5, 0.6) is 5.75 Å². The fourth-order valence-electron chi connectivity index (χ4n) is 2.91. The molecule has 0 fully saturated rings. The van der Waals surface area contributed by atoms with E-state index in [1.54, 1.807) is 36.8 Å². The Morgan fingerprint density at radius 1 is 1.28 bits per heavy atom. The van der Waals surface area contributed by atoms with E-state index in [2.05, 4.69) is 16.4 Å². The molecule has 2 aromatic carbocycles. The molecule has 4 aromatic rings. The van der Waals surface area contributed by atoms with E-state index in [9.17, 15) is 20.2 Å². The topological polar surface area (TPSA) is 131 Å². The number of nitrogens with zero attached hydrogens (tertiary/aromatic N) is 3.